The molecule has 0 aliphatic rings. The number of nitrogens with zero attached hydrogens (tertiary/aromatic N) is 1. The van der Waals surface area contributed by atoms with Crippen molar-refractivity contribution in [2.24, 2.45) is 0 Å². The molecule has 0 bridgehead atoms. The Morgan fingerprint density at radius 2 is 1.89 bits per heavy atom. The second-order valence-electron chi connectivity index (χ2n) is 4.48. The third kappa shape index (κ3) is 3.58. The molecule has 0 atom stereocenters. The van der Waals surface area contributed by atoms with E-state index >= 15 is 0 Å². The van der Waals surface area contributed by atoms with Crippen LogP contribution < -0.4 is 4.90 Å². The minimum atomic E-state index is 0.585. The smallest absolute Gasteiger partial charge is 0.152 e. The van der Waals surface area contributed by atoms with Crippen LogP contribution in [0.4, 0.5) is 5.69 Å². The zero-order chi connectivity index (χ0) is 13.7. The summed E-state index contributed by atoms with van der Waals surface area (Å²) in [6.07, 6.45) is 1.79. The molecule has 0 aliphatic heterocycles. The average Bonchev–Trinajstić information content (AvgIpc) is 2.45. The number of anilines is 1. The van der Waals surface area contributed by atoms with Crippen molar-refractivity contribution < 1.29 is 4.79 Å². The molecule has 0 radical (unpaired) electrons. The first kappa shape index (κ1) is 13.6. The number of aldehydes is 1. The lowest BCUT2D eigenvalue weighted by Crippen LogP contribution is -2.21. The zero-order valence-corrected chi connectivity index (χ0v) is 11.6. The van der Waals surface area contributed by atoms with Crippen molar-refractivity contribution in [1.29, 1.82) is 0 Å². The Hall–Kier alpha value is -1.80. The summed E-state index contributed by atoms with van der Waals surface area (Å²) in [6.45, 7) is 0.854. The summed E-state index contributed by atoms with van der Waals surface area (Å²) in [4.78, 5) is 13.1. The van der Waals surface area contributed by atoms with Crippen LogP contribution in [0.3, 0.4) is 0 Å². The molecule has 2 aromatic rings. The summed E-state index contributed by atoms with van der Waals surface area (Å²) in [7, 11) is 1.99. The fraction of sp³-hybridized carbons (Fsp3) is 0.188. The van der Waals surface area contributed by atoms with Gasteiger partial charge >= 0.3 is 0 Å². The number of rotatable bonds is 5. The first-order chi connectivity index (χ1) is 9.20. The van der Waals surface area contributed by atoms with Crippen molar-refractivity contribution in [1.82, 2.24) is 0 Å². The van der Waals surface area contributed by atoms with Crippen LogP contribution in [0.15, 0.2) is 48.5 Å². The molecule has 0 unspecified atom stereocenters. The molecule has 0 aromatic heterocycles. The Morgan fingerprint density at radius 1 is 1.16 bits per heavy atom. The third-order valence-electron chi connectivity index (χ3n) is 3.11. The lowest BCUT2D eigenvalue weighted by molar-refractivity contribution is 0.112. The zero-order valence-electron chi connectivity index (χ0n) is 10.8. The van der Waals surface area contributed by atoms with Crippen LogP contribution in [-0.4, -0.2) is 19.9 Å². The molecule has 0 saturated carbocycles. The van der Waals surface area contributed by atoms with Gasteiger partial charge in [0, 0.05) is 29.9 Å². The van der Waals surface area contributed by atoms with Gasteiger partial charge in [-0.2, -0.15) is 0 Å². The molecule has 3 heteroatoms. The highest BCUT2D eigenvalue weighted by Crippen LogP contribution is 2.22. The summed E-state index contributed by atoms with van der Waals surface area (Å²) in [5.74, 6) is 0. The van der Waals surface area contributed by atoms with Gasteiger partial charge in [-0.25, -0.2) is 0 Å². The second kappa shape index (κ2) is 6.39. The van der Waals surface area contributed by atoms with E-state index < -0.39 is 0 Å². The molecule has 2 nitrogen and oxygen atoms in total. The van der Waals surface area contributed by atoms with Crippen LogP contribution in [0.5, 0.6) is 0 Å². The van der Waals surface area contributed by atoms with E-state index in [-0.39, 0.29) is 0 Å². The number of hydrogen-bond donors (Lipinski definition) is 0. The van der Waals surface area contributed by atoms with Gasteiger partial charge in [-0.1, -0.05) is 41.9 Å². The maximum Gasteiger partial charge on any atom is 0.152 e. The Morgan fingerprint density at radius 3 is 2.58 bits per heavy atom. The van der Waals surface area contributed by atoms with Crippen molar-refractivity contribution in [3.05, 3.63) is 64.7 Å². The minimum absolute atomic E-state index is 0.585. The van der Waals surface area contributed by atoms with E-state index in [9.17, 15) is 4.79 Å². The maximum atomic E-state index is 11.1. The van der Waals surface area contributed by atoms with E-state index in [1.54, 1.807) is 6.07 Å². The Kier molecular flexibility index (Phi) is 4.58. The number of benzene rings is 2. The Balaban J connectivity index is 2.08. The molecule has 0 saturated heterocycles. The van der Waals surface area contributed by atoms with E-state index in [2.05, 4.69) is 17.0 Å². The first-order valence-electron chi connectivity index (χ1n) is 6.20. The molecule has 2 aromatic carbocycles. The third-order valence-corrected chi connectivity index (χ3v) is 3.34. The van der Waals surface area contributed by atoms with Crippen LogP contribution in [-0.2, 0) is 6.42 Å². The number of hydrogen-bond acceptors (Lipinski definition) is 2. The second-order valence-corrected chi connectivity index (χ2v) is 4.91. The van der Waals surface area contributed by atoms with Crippen molar-refractivity contribution in [2.75, 3.05) is 18.5 Å². The Labute approximate surface area is 118 Å². The normalized spacial score (nSPS) is 10.2. The van der Waals surface area contributed by atoms with E-state index in [1.807, 2.05) is 37.4 Å². The highest BCUT2D eigenvalue weighted by atomic mass is 35.5. The standard InChI is InChI=1S/C16H16ClNO/c1-18(10-9-13-5-3-2-4-6-13)16-8-7-15(17)11-14(16)12-19/h2-8,11-12H,9-10H2,1H3. The van der Waals surface area contributed by atoms with Crippen LogP contribution in [0, 0.1) is 0 Å². The molecule has 2 rings (SSSR count). The van der Waals surface area contributed by atoms with E-state index in [0.29, 0.717) is 10.6 Å². The van der Waals surface area contributed by atoms with Gasteiger partial charge in [-0.3, -0.25) is 4.79 Å². The van der Waals surface area contributed by atoms with Crippen LogP contribution in [0.25, 0.3) is 0 Å². The van der Waals surface area contributed by atoms with Gasteiger partial charge in [0.15, 0.2) is 6.29 Å². The maximum absolute atomic E-state index is 11.1. The summed E-state index contributed by atoms with van der Waals surface area (Å²) < 4.78 is 0. The van der Waals surface area contributed by atoms with Crippen molar-refractivity contribution in [3.8, 4) is 0 Å². The minimum Gasteiger partial charge on any atom is -0.374 e. The SMILES string of the molecule is CN(CCc1ccccc1)c1ccc(Cl)cc1C=O. The Bertz CT molecular complexity index is 554. The molecular weight excluding hydrogens is 258 g/mol. The number of likely N-dealkylation sites (N-methyl/N-ethyl adjacent to an activating group) is 1. The summed E-state index contributed by atoms with van der Waals surface area (Å²) >= 11 is 5.90. The molecule has 19 heavy (non-hydrogen) atoms. The van der Waals surface area contributed by atoms with E-state index in [4.69, 9.17) is 11.6 Å². The quantitative estimate of drug-likeness (QED) is 0.772. The van der Waals surface area contributed by atoms with Crippen LogP contribution in [0.2, 0.25) is 5.02 Å². The van der Waals surface area contributed by atoms with Gasteiger partial charge in [0.05, 0.1) is 0 Å². The van der Waals surface area contributed by atoms with Crippen molar-refractivity contribution in [2.45, 2.75) is 6.42 Å². The monoisotopic (exact) mass is 273 g/mol. The predicted molar refractivity (Wildman–Crippen MR) is 80.3 cm³/mol. The topological polar surface area (TPSA) is 20.3 Å². The molecule has 0 aliphatic carbocycles. The van der Waals surface area contributed by atoms with E-state index in [1.165, 1.54) is 5.56 Å². The fourth-order valence-electron chi connectivity index (χ4n) is 2.03. The fourth-order valence-corrected chi connectivity index (χ4v) is 2.21. The lowest BCUT2D eigenvalue weighted by atomic mass is 10.1. The van der Waals surface area contributed by atoms with Crippen molar-refractivity contribution >= 4 is 23.6 Å². The molecule has 0 spiro atoms. The van der Waals surface area contributed by atoms with Gasteiger partial charge in [0.1, 0.15) is 0 Å². The molecule has 98 valence electrons. The number of carbonyl (C=O) groups is 1. The summed E-state index contributed by atoms with van der Waals surface area (Å²) in [6, 6.07) is 15.7. The predicted octanol–water partition coefficient (Wildman–Crippen LogP) is 3.83. The highest BCUT2D eigenvalue weighted by Gasteiger charge is 2.07. The number of halogens is 1. The van der Waals surface area contributed by atoms with E-state index in [0.717, 1.165) is 24.9 Å². The van der Waals surface area contributed by atoms with Crippen molar-refractivity contribution in [3.63, 3.8) is 0 Å². The van der Waals surface area contributed by atoms with Crippen LogP contribution in [0.1, 0.15) is 15.9 Å². The molecular formula is C16H16ClNO. The average molecular weight is 274 g/mol. The number of carbonyl (C=O) groups excluding carboxylic acids is 1. The van der Waals surface area contributed by atoms with Gasteiger partial charge < -0.3 is 4.90 Å². The molecule has 0 fully saturated rings. The lowest BCUT2D eigenvalue weighted by Gasteiger charge is -2.21. The molecule has 0 heterocycles. The van der Waals surface area contributed by atoms with Gasteiger partial charge in [-0.05, 0) is 30.2 Å². The summed E-state index contributed by atoms with van der Waals surface area (Å²) in [5, 5.41) is 0.585. The molecule has 0 N–H and O–H groups in total. The first-order valence-corrected chi connectivity index (χ1v) is 6.58. The van der Waals surface area contributed by atoms with Gasteiger partial charge in [-0.15, -0.1) is 0 Å². The summed E-state index contributed by atoms with van der Waals surface area (Å²) in [5.41, 5.74) is 2.83. The van der Waals surface area contributed by atoms with Gasteiger partial charge in [0.25, 0.3) is 0 Å². The highest BCUT2D eigenvalue weighted by molar-refractivity contribution is 6.31. The molecule has 0 amide bonds. The van der Waals surface area contributed by atoms with Gasteiger partial charge in [0.2, 0.25) is 0 Å². The largest absolute Gasteiger partial charge is 0.374 e. The van der Waals surface area contributed by atoms with Crippen LogP contribution >= 0.6 is 11.6 Å².